The molecule has 0 saturated carbocycles. The van der Waals surface area contributed by atoms with Crippen LogP contribution in [0.2, 0.25) is 0 Å². The number of nitrogens with zero attached hydrogens (tertiary/aromatic N) is 1. The van der Waals surface area contributed by atoms with Crippen LogP contribution in [0, 0.1) is 13.1 Å². The van der Waals surface area contributed by atoms with Crippen molar-refractivity contribution >= 4 is 10.9 Å². The number of benzene rings is 1. The number of methoxy groups -OCH3 is 1. The summed E-state index contributed by atoms with van der Waals surface area (Å²) in [5, 5.41) is 1.15. The van der Waals surface area contributed by atoms with Crippen LogP contribution in [0.1, 0.15) is 5.56 Å². The molecule has 0 aliphatic rings. The van der Waals surface area contributed by atoms with Crippen LogP contribution in [0.15, 0.2) is 24.3 Å². The third-order valence-electron chi connectivity index (χ3n) is 2.10. The number of aryl methyl sites for hydroxylation is 1. The largest absolute Gasteiger partial charge is 0.498 e. The van der Waals surface area contributed by atoms with Crippen molar-refractivity contribution < 1.29 is 23.3 Å². The molecule has 0 atom stereocenters. The molecule has 1 radical (unpaired) electrons. The number of hydrogen-bond donors (Lipinski definition) is 0. The van der Waals surface area contributed by atoms with Gasteiger partial charge in [-0.05, 0) is 11.6 Å². The third-order valence-corrected chi connectivity index (χ3v) is 2.10. The van der Waals surface area contributed by atoms with E-state index in [1.54, 1.807) is 7.11 Å². The van der Waals surface area contributed by atoms with Crippen molar-refractivity contribution in [3.63, 3.8) is 0 Å². The van der Waals surface area contributed by atoms with Crippen molar-refractivity contribution in [2.45, 2.75) is 6.92 Å². The monoisotopic (exact) mass is 223 g/mol. The van der Waals surface area contributed by atoms with Crippen LogP contribution in [-0.2, 0) is 18.6 Å². The smallest absolute Gasteiger partial charge is 0.108 e. The Morgan fingerprint density at radius 3 is 2.86 bits per heavy atom. The van der Waals surface area contributed by atoms with Gasteiger partial charge in [-0.1, -0.05) is 25.3 Å². The van der Waals surface area contributed by atoms with Gasteiger partial charge in [0.2, 0.25) is 0 Å². The first-order valence-electron chi connectivity index (χ1n) is 4.12. The van der Waals surface area contributed by atoms with Crippen LogP contribution < -0.4 is 4.74 Å². The van der Waals surface area contributed by atoms with Crippen LogP contribution in [-0.4, -0.2) is 12.1 Å². The summed E-state index contributed by atoms with van der Waals surface area (Å²) in [5.74, 6) is 0.832. The quantitative estimate of drug-likeness (QED) is 0.692. The van der Waals surface area contributed by atoms with Crippen LogP contribution in [0.25, 0.3) is 10.9 Å². The van der Waals surface area contributed by atoms with E-state index in [4.69, 9.17) is 4.74 Å². The number of hydrogen-bond acceptors (Lipinski definition) is 2. The Morgan fingerprint density at radius 2 is 2.14 bits per heavy atom. The van der Waals surface area contributed by atoms with Crippen molar-refractivity contribution in [1.82, 2.24) is 4.98 Å². The molecule has 2 nitrogen and oxygen atoms in total. The van der Waals surface area contributed by atoms with E-state index in [0.717, 1.165) is 16.7 Å². The van der Waals surface area contributed by atoms with E-state index in [0.29, 0.717) is 0 Å². The zero-order valence-electron chi connectivity index (χ0n) is 8.11. The Hall–Kier alpha value is -0.986. The molecule has 14 heavy (non-hydrogen) atoms. The van der Waals surface area contributed by atoms with Crippen molar-refractivity contribution in [1.29, 1.82) is 0 Å². The Balaban J connectivity index is 0.000000980. The third kappa shape index (κ3) is 1.92. The predicted octanol–water partition coefficient (Wildman–Crippen LogP) is 2.35. The van der Waals surface area contributed by atoms with Gasteiger partial charge in [-0.3, -0.25) is 0 Å². The second-order valence-corrected chi connectivity index (χ2v) is 2.95. The second kappa shape index (κ2) is 4.49. The number of rotatable bonds is 1. The molecule has 0 fully saturated rings. The molecule has 0 unspecified atom stereocenters. The van der Waals surface area contributed by atoms with Gasteiger partial charge in [0.05, 0.1) is 7.11 Å². The summed E-state index contributed by atoms with van der Waals surface area (Å²) in [6.45, 7) is 2.05. The van der Waals surface area contributed by atoms with E-state index < -0.39 is 0 Å². The average molecular weight is 223 g/mol. The normalized spacial score (nSPS) is 9.57. The van der Waals surface area contributed by atoms with E-state index in [1.165, 1.54) is 5.56 Å². The molecule has 0 aliphatic heterocycles. The fourth-order valence-corrected chi connectivity index (χ4v) is 1.34. The van der Waals surface area contributed by atoms with Crippen molar-refractivity contribution in [2.24, 2.45) is 0 Å². The molecule has 3 heteroatoms. The van der Waals surface area contributed by atoms with Gasteiger partial charge in [0.25, 0.3) is 0 Å². The minimum Gasteiger partial charge on any atom is -0.498 e. The Bertz CT molecular complexity index is 442. The van der Waals surface area contributed by atoms with E-state index in [2.05, 4.69) is 11.2 Å². The molecule has 0 saturated heterocycles. The van der Waals surface area contributed by atoms with Crippen molar-refractivity contribution in [3.8, 4) is 5.75 Å². The molecule has 0 amide bonds. The molecule has 1 heterocycles. The zero-order valence-corrected chi connectivity index (χ0v) is 9.51. The van der Waals surface area contributed by atoms with Crippen LogP contribution in [0.3, 0.4) is 0 Å². The molecule has 2 aromatic rings. The summed E-state index contributed by atoms with van der Waals surface area (Å²) >= 11 is 0. The van der Waals surface area contributed by atoms with Gasteiger partial charge in [0.15, 0.2) is 0 Å². The topological polar surface area (TPSA) is 22.1 Å². The van der Waals surface area contributed by atoms with Crippen LogP contribution in [0.5, 0.6) is 5.75 Å². The molecule has 1 aromatic heterocycles. The van der Waals surface area contributed by atoms with Gasteiger partial charge in [0, 0.05) is 18.6 Å². The maximum absolute atomic E-state index is 5.11. The fraction of sp³-hybridized carbons (Fsp3) is 0.182. The van der Waals surface area contributed by atoms with Gasteiger partial charge in [-0.2, -0.15) is 6.07 Å². The number of fused-ring (bicyclic) bond motifs is 1. The maximum Gasteiger partial charge on any atom is 0.108 e. The summed E-state index contributed by atoms with van der Waals surface area (Å²) in [6.07, 6.45) is 2.85. The van der Waals surface area contributed by atoms with Gasteiger partial charge in [-0.15, -0.1) is 10.9 Å². The van der Waals surface area contributed by atoms with Gasteiger partial charge < -0.3 is 9.72 Å². The van der Waals surface area contributed by atoms with E-state index in [-0.39, 0.29) is 18.6 Å². The Morgan fingerprint density at radius 1 is 1.36 bits per heavy atom. The summed E-state index contributed by atoms with van der Waals surface area (Å²) in [4.78, 5) is 4.15. The maximum atomic E-state index is 5.11. The van der Waals surface area contributed by atoms with Gasteiger partial charge in [0.1, 0.15) is 5.75 Å². The summed E-state index contributed by atoms with van der Waals surface area (Å²) in [6, 6.07) is 7.76. The van der Waals surface area contributed by atoms with Crippen LogP contribution >= 0.6 is 0 Å². The summed E-state index contributed by atoms with van der Waals surface area (Å²) in [7, 11) is 1.65. The van der Waals surface area contributed by atoms with E-state index in [9.17, 15) is 0 Å². The first kappa shape index (κ1) is 11.1. The minimum absolute atomic E-state index is 0. The minimum atomic E-state index is 0. The van der Waals surface area contributed by atoms with E-state index in [1.807, 2.05) is 31.2 Å². The average Bonchev–Trinajstić information content (AvgIpc) is 2.18. The summed E-state index contributed by atoms with van der Waals surface area (Å²) < 4.78 is 5.11. The second-order valence-electron chi connectivity index (χ2n) is 2.95. The fourth-order valence-electron chi connectivity index (χ4n) is 1.34. The standard InChI is InChI=1S/C11H10NO.V/c1-8-5-6-12-11-7-9(13-2)3-4-10(8)11;/h3-5,7H,1-2H3;/q-1;. The molecule has 1 aromatic carbocycles. The molecular formula is C11H10NOV-. The van der Waals surface area contributed by atoms with E-state index >= 15 is 0 Å². The molecule has 0 N–H and O–H groups in total. The van der Waals surface area contributed by atoms with Crippen LogP contribution in [0.4, 0.5) is 0 Å². The number of ether oxygens (including phenoxy) is 1. The Kier molecular flexibility index (Phi) is 3.56. The molecule has 71 valence electrons. The van der Waals surface area contributed by atoms with Crippen molar-refractivity contribution in [3.05, 3.63) is 36.0 Å². The summed E-state index contributed by atoms with van der Waals surface area (Å²) in [5.41, 5.74) is 2.12. The molecule has 0 spiro atoms. The first-order chi connectivity index (χ1) is 6.31. The molecule has 2 rings (SSSR count). The number of aromatic nitrogens is 1. The SMILES string of the molecule is COc1ccc2c(C)c[c-]nc2c1.[V]. The first-order valence-corrected chi connectivity index (χ1v) is 4.12. The molecular weight excluding hydrogens is 213 g/mol. The van der Waals surface area contributed by atoms with Crippen molar-refractivity contribution in [2.75, 3.05) is 7.11 Å². The molecule has 0 aliphatic carbocycles. The predicted molar refractivity (Wildman–Crippen MR) is 51.9 cm³/mol. The number of pyridine rings is 1. The van der Waals surface area contributed by atoms with Gasteiger partial charge in [-0.25, -0.2) is 0 Å². The molecule has 0 bridgehead atoms. The Labute approximate surface area is 95.2 Å². The zero-order chi connectivity index (χ0) is 9.26. The van der Waals surface area contributed by atoms with Gasteiger partial charge >= 0.3 is 0 Å².